The van der Waals surface area contributed by atoms with Gasteiger partial charge in [0.2, 0.25) is 11.8 Å². The van der Waals surface area contributed by atoms with E-state index in [1.807, 2.05) is 0 Å². The Morgan fingerprint density at radius 2 is 1.90 bits per heavy atom. The Bertz CT molecular complexity index is 321. The predicted octanol–water partition coefficient (Wildman–Crippen LogP) is 1.84. The summed E-state index contributed by atoms with van der Waals surface area (Å²) in [5, 5.41) is 12.3. The van der Waals surface area contributed by atoms with E-state index in [1.54, 1.807) is 4.90 Å². The number of unbranched alkanes of at least 4 members (excludes halogenated alkanes) is 4. The van der Waals surface area contributed by atoms with Crippen molar-refractivity contribution in [3.05, 3.63) is 0 Å². The summed E-state index contributed by atoms with van der Waals surface area (Å²) in [6.07, 6.45) is 7.51. The lowest BCUT2D eigenvalue weighted by atomic mass is 10.1. The fourth-order valence-corrected chi connectivity index (χ4v) is 2.56. The molecular formula is C16H30N2O3. The van der Waals surface area contributed by atoms with Crippen LogP contribution in [0.25, 0.3) is 0 Å². The molecule has 1 heterocycles. The van der Waals surface area contributed by atoms with Crippen LogP contribution < -0.4 is 5.32 Å². The molecule has 1 aliphatic heterocycles. The highest BCUT2D eigenvalue weighted by Gasteiger charge is 2.23. The number of β-amino-alcohol motifs (C(OH)–C–C–N with tert-alkyl or cyclic N) is 1. The first kappa shape index (κ1) is 18.0. The highest BCUT2D eigenvalue weighted by Crippen LogP contribution is 2.11. The van der Waals surface area contributed by atoms with Gasteiger partial charge in [-0.15, -0.1) is 0 Å². The van der Waals surface area contributed by atoms with E-state index in [4.69, 9.17) is 0 Å². The Kier molecular flexibility index (Phi) is 9.06. The Labute approximate surface area is 128 Å². The topological polar surface area (TPSA) is 69.6 Å². The van der Waals surface area contributed by atoms with E-state index in [1.165, 1.54) is 0 Å². The van der Waals surface area contributed by atoms with Crippen molar-refractivity contribution in [3.63, 3.8) is 0 Å². The zero-order valence-electron chi connectivity index (χ0n) is 13.3. The van der Waals surface area contributed by atoms with Crippen LogP contribution in [0.1, 0.15) is 64.7 Å². The molecule has 1 saturated heterocycles. The zero-order valence-corrected chi connectivity index (χ0v) is 13.3. The van der Waals surface area contributed by atoms with Crippen molar-refractivity contribution in [2.45, 2.75) is 70.8 Å². The van der Waals surface area contributed by atoms with E-state index in [0.717, 1.165) is 38.5 Å². The molecule has 1 aliphatic rings. The maximum atomic E-state index is 11.8. The van der Waals surface area contributed by atoms with Crippen molar-refractivity contribution in [2.24, 2.45) is 0 Å². The third kappa shape index (κ3) is 8.05. The molecule has 21 heavy (non-hydrogen) atoms. The van der Waals surface area contributed by atoms with E-state index in [0.29, 0.717) is 38.9 Å². The van der Waals surface area contributed by atoms with Crippen molar-refractivity contribution >= 4 is 11.8 Å². The molecule has 1 unspecified atom stereocenters. The Balaban J connectivity index is 1.92. The summed E-state index contributed by atoms with van der Waals surface area (Å²) in [5.74, 6) is 0.292. The summed E-state index contributed by atoms with van der Waals surface area (Å²) < 4.78 is 0. The van der Waals surface area contributed by atoms with Gasteiger partial charge in [-0.25, -0.2) is 0 Å². The van der Waals surface area contributed by atoms with E-state index in [2.05, 4.69) is 12.2 Å². The quantitative estimate of drug-likeness (QED) is 0.605. The van der Waals surface area contributed by atoms with Crippen LogP contribution in [0.4, 0.5) is 0 Å². The molecule has 0 aromatic rings. The van der Waals surface area contributed by atoms with Crippen molar-refractivity contribution < 1.29 is 14.7 Å². The van der Waals surface area contributed by atoms with Crippen LogP contribution in [0.3, 0.4) is 0 Å². The first-order valence-corrected chi connectivity index (χ1v) is 8.36. The first-order chi connectivity index (χ1) is 10.1. The first-order valence-electron chi connectivity index (χ1n) is 8.36. The lowest BCUT2D eigenvalue weighted by Crippen LogP contribution is -2.29. The average molecular weight is 298 g/mol. The van der Waals surface area contributed by atoms with E-state index in [-0.39, 0.29) is 17.9 Å². The molecule has 0 aromatic heterocycles. The average Bonchev–Trinajstić information content (AvgIpc) is 2.89. The SMILES string of the molecule is CCCCCC(=O)NCCCCCC(=O)N1CCC(O)C1. The summed E-state index contributed by atoms with van der Waals surface area (Å²) in [7, 11) is 0. The number of likely N-dealkylation sites (tertiary alicyclic amines) is 1. The molecule has 122 valence electrons. The number of rotatable bonds is 10. The standard InChI is InChI=1S/C16H30N2O3/c1-2-3-5-8-15(20)17-11-7-4-6-9-16(21)18-12-10-14(19)13-18/h14,19H,2-13H2,1H3,(H,17,20). The fourth-order valence-electron chi connectivity index (χ4n) is 2.56. The number of carbonyl (C=O) groups is 2. The third-order valence-corrected chi connectivity index (χ3v) is 3.91. The summed E-state index contributed by atoms with van der Waals surface area (Å²) in [6, 6.07) is 0. The van der Waals surface area contributed by atoms with Crippen LogP contribution in [-0.4, -0.2) is 47.6 Å². The summed E-state index contributed by atoms with van der Waals surface area (Å²) in [4.78, 5) is 25.0. The van der Waals surface area contributed by atoms with Gasteiger partial charge in [-0.2, -0.15) is 0 Å². The van der Waals surface area contributed by atoms with E-state index < -0.39 is 0 Å². The van der Waals surface area contributed by atoms with Crippen molar-refractivity contribution in [3.8, 4) is 0 Å². The molecule has 0 bridgehead atoms. The molecule has 0 radical (unpaired) electrons. The minimum atomic E-state index is -0.336. The molecule has 2 amide bonds. The number of amides is 2. The highest BCUT2D eigenvalue weighted by atomic mass is 16.3. The maximum absolute atomic E-state index is 11.8. The number of nitrogens with one attached hydrogen (secondary N) is 1. The van der Waals surface area contributed by atoms with Gasteiger partial charge in [-0.1, -0.05) is 26.2 Å². The van der Waals surface area contributed by atoms with Crippen molar-refractivity contribution in [1.82, 2.24) is 10.2 Å². The molecular weight excluding hydrogens is 268 g/mol. The Morgan fingerprint density at radius 3 is 2.57 bits per heavy atom. The summed E-state index contributed by atoms with van der Waals surface area (Å²) >= 11 is 0. The largest absolute Gasteiger partial charge is 0.391 e. The Morgan fingerprint density at radius 1 is 1.14 bits per heavy atom. The monoisotopic (exact) mass is 298 g/mol. The molecule has 0 spiro atoms. The van der Waals surface area contributed by atoms with Gasteiger partial charge in [0, 0.05) is 32.5 Å². The van der Waals surface area contributed by atoms with Gasteiger partial charge < -0.3 is 15.3 Å². The van der Waals surface area contributed by atoms with Crippen molar-refractivity contribution in [1.29, 1.82) is 0 Å². The fraction of sp³-hybridized carbons (Fsp3) is 0.875. The number of nitrogens with zero attached hydrogens (tertiary/aromatic N) is 1. The van der Waals surface area contributed by atoms with Gasteiger partial charge >= 0.3 is 0 Å². The Hall–Kier alpha value is -1.10. The zero-order chi connectivity index (χ0) is 15.5. The molecule has 0 aliphatic carbocycles. The second-order valence-corrected chi connectivity index (χ2v) is 5.90. The van der Waals surface area contributed by atoms with Crippen LogP contribution in [0, 0.1) is 0 Å². The second kappa shape index (κ2) is 10.6. The molecule has 0 aromatic carbocycles. The third-order valence-electron chi connectivity index (χ3n) is 3.91. The van der Waals surface area contributed by atoms with Crippen LogP contribution >= 0.6 is 0 Å². The van der Waals surface area contributed by atoms with E-state index in [9.17, 15) is 14.7 Å². The number of aliphatic hydroxyl groups is 1. The van der Waals surface area contributed by atoms with Crippen LogP contribution in [0.2, 0.25) is 0 Å². The molecule has 1 rings (SSSR count). The van der Waals surface area contributed by atoms with Gasteiger partial charge in [0.15, 0.2) is 0 Å². The lowest BCUT2D eigenvalue weighted by Gasteiger charge is -2.15. The molecule has 5 nitrogen and oxygen atoms in total. The predicted molar refractivity (Wildman–Crippen MR) is 82.8 cm³/mol. The number of hydrogen-bond donors (Lipinski definition) is 2. The smallest absolute Gasteiger partial charge is 0.222 e. The van der Waals surface area contributed by atoms with Crippen LogP contribution in [-0.2, 0) is 9.59 Å². The summed E-state index contributed by atoms with van der Waals surface area (Å²) in [6.45, 7) is 4.02. The van der Waals surface area contributed by atoms with Crippen LogP contribution in [0.5, 0.6) is 0 Å². The molecule has 5 heteroatoms. The van der Waals surface area contributed by atoms with Gasteiger partial charge in [-0.05, 0) is 25.7 Å². The van der Waals surface area contributed by atoms with Gasteiger partial charge in [0.25, 0.3) is 0 Å². The number of carbonyl (C=O) groups excluding carboxylic acids is 2. The second-order valence-electron chi connectivity index (χ2n) is 5.90. The minimum Gasteiger partial charge on any atom is -0.391 e. The lowest BCUT2D eigenvalue weighted by molar-refractivity contribution is -0.130. The molecule has 1 fully saturated rings. The summed E-state index contributed by atoms with van der Waals surface area (Å²) in [5.41, 5.74) is 0. The normalized spacial score (nSPS) is 18.0. The van der Waals surface area contributed by atoms with Gasteiger partial charge in [0.05, 0.1) is 6.10 Å². The minimum absolute atomic E-state index is 0.144. The highest BCUT2D eigenvalue weighted by molar-refractivity contribution is 5.76. The van der Waals surface area contributed by atoms with E-state index >= 15 is 0 Å². The maximum Gasteiger partial charge on any atom is 0.222 e. The van der Waals surface area contributed by atoms with Gasteiger partial charge in [0.1, 0.15) is 0 Å². The number of hydrogen-bond acceptors (Lipinski definition) is 3. The van der Waals surface area contributed by atoms with Gasteiger partial charge in [-0.3, -0.25) is 9.59 Å². The molecule has 2 N–H and O–H groups in total. The van der Waals surface area contributed by atoms with Crippen LogP contribution in [0.15, 0.2) is 0 Å². The van der Waals surface area contributed by atoms with Crippen molar-refractivity contribution in [2.75, 3.05) is 19.6 Å². The molecule has 1 atom stereocenters. The molecule has 0 saturated carbocycles. The number of aliphatic hydroxyl groups excluding tert-OH is 1.